The third-order valence-electron chi connectivity index (χ3n) is 2.36. The fraction of sp³-hybridized carbons (Fsp3) is 0.600. The minimum absolute atomic E-state index is 0.460. The van der Waals surface area contributed by atoms with Crippen molar-refractivity contribution in [3.8, 4) is 0 Å². The van der Waals surface area contributed by atoms with E-state index in [-0.39, 0.29) is 0 Å². The van der Waals surface area contributed by atoms with Crippen molar-refractivity contribution in [2.75, 3.05) is 29.7 Å². The molecule has 0 aliphatic rings. The molecule has 0 bridgehead atoms. The molecule has 1 aromatic rings. The molecule has 5 heteroatoms. The van der Waals surface area contributed by atoms with E-state index in [2.05, 4.69) is 28.0 Å². The van der Waals surface area contributed by atoms with Crippen molar-refractivity contribution in [3.05, 3.63) is 12.3 Å². The van der Waals surface area contributed by atoms with Gasteiger partial charge in [-0.3, -0.25) is 0 Å². The summed E-state index contributed by atoms with van der Waals surface area (Å²) in [5.41, 5.74) is 5.63. The SMILES string of the molecule is CCC(CSC)N(C)c1nccc(N)n1. The zero-order chi connectivity index (χ0) is 11.3. The van der Waals surface area contributed by atoms with Crippen LogP contribution in [-0.4, -0.2) is 35.1 Å². The van der Waals surface area contributed by atoms with Gasteiger partial charge in [-0.25, -0.2) is 4.98 Å². The third-order valence-corrected chi connectivity index (χ3v) is 3.08. The largest absolute Gasteiger partial charge is 0.384 e. The van der Waals surface area contributed by atoms with Crippen molar-refractivity contribution in [1.29, 1.82) is 0 Å². The number of nitrogen functional groups attached to an aromatic ring is 1. The maximum absolute atomic E-state index is 5.63. The van der Waals surface area contributed by atoms with Gasteiger partial charge in [-0.2, -0.15) is 16.7 Å². The lowest BCUT2D eigenvalue weighted by molar-refractivity contribution is 0.657. The standard InChI is InChI=1S/C10H18N4S/c1-4-8(7-15-3)14(2)10-12-6-5-9(11)13-10/h5-6,8H,4,7H2,1-3H3,(H2,11,12,13). The second kappa shape index (κ2) is 5.80. The van der Waals surface area contributed by atoms with Gasteiger partial charge in [-0.1, -0.05) is 6.92 Å². The van der Waals surface area contributed by atoms with Crippen molar-refractivity contribution in [2.24, 2.45) is 0 Å². The number of rotatable bonds is 5. The van der Waals surface area contributed by atoms with Crippen LogP contribution in [0.25, 0.3) is 0 Å². The number of aromatic nitrogens is 2. The highest BCUT2D eigenvalue weighted by Crippen LogP contribution is 2.14. The lowest BCUT2D eigenvalue weighted by Crippen LogP contribution is -2.34. The van der Waals surface area contributed by atoms with Gasteiger partial charge in [0.2, 0.25) is 5.95 Å². The molecule has 1 aromatic heterocycles. The van der Waals surface area contributed by atoms with Crippen LogP contribution in [0.3, 0.4) is 0 Å². The summed E-state index contributed by atoms with van der Waals surface area (Å²) in [5.74, 6) is 2.30. The molecule has 0 spiro atoms. The number of anilines is 2. The molecule has 0 radical (unpaired) electrons. The van der Waals surface area contributed by atoms with Gasteiger partial charge < -0.3 is 10.6 Å². The summed E-state index contributed by atoms with van der Waals surface area (Å²) in [6.07, 6.45) is 4.88. The summed E-state index contributed by atoms with van der Waals surface area (Å²) < 4.78 is 0. The maximum atomic E-state index is 5.63. The van der Waals surface area contributed by atoms with E-state index in [0.717, 1.165) is 12.2 Å². The average molecular weight is 226 g/mol. The van der Waals surface area contributed by atoms with E-state index in [1.54, 1.807) is 12.3 Å². The quantitative estimate of drug-likeness (QED) is 0.827. The van der Waals surface area contributed by atoms with Gasteiger partial charge in [0.25, 0.3) is 0 Å². The molecule has 15 heavy (non-hydrogen) atoms. The summed E-state index contributed by atoms with van der Waals surface area (Å²) in [7, 11) is 2.01. The van der Waals surface area contributed by atoms with Gasteiger partial charge >= 0.3 is 0 Å². The van der Waals surface area contributed by atoms with Crippen molar-refractivity contribution >= 4 is 23.5 Å². The van der Waals surface area contributed by atoms with Gasteiger partial charge in [0, 0.05) is 25.0 Å². The molecule has 1 unspecified atom stereocenters. The highest BCUT2D eigenvalue weighted by Gasteiger charge is 2.14. The smallest absolute Gasteiger partial charge is 0.227 e. The molecule has 1 rings (SSSR count). The Kier molecular flexibility index (Phi) is 4.68. The average Bonchev–Trinajstić information content (AvgIpc) is 2.25. The molecule has 0 saturated heterocycles. The Labute approximate surface area is 95.3 Å². The molecule has 0 aromatic carbocycles. The molecule has 1 heterocycles. The summed E-state index contributed by atoms with van der Waals surface area (Å²) in [5, 5.41) is 0. The molecule has 2 N–H and O–H groups in total. The molecule has 4 nitrogen and oxygen atoms in total. The zero-order valence-electron chi connectivity index (χ0n) is 9.47. The van der Waals surface area contributed by atoms with Crippen LogP contribution in [0.15, 0.2) is 12.3 Å². The molecular weight excluding hydrogens is 208 g/mol. The lowest BCUT2D eigenvalue weighted by Gasteiger charge is -2.26. The monoisotopic (exact) mass is 226 g/mol. The number of nitrogens with two attached hydrogens (primary N) is 1. The molecule has 1 atom stereocenters. The molecule has 0 saturated carbocycles. The number of nitrogens with zero attached hydrogens (tertiary/aromatic N) is 3. The lowest BCUT2D eigenvalue weighted by atomic mass is 10.2. The minimum atomic E-state index is 0.460. The van der Waals surface area contributed by atoms with E-state index in [1.807, 2.05) is 18.8 Å². The van der Waals surface area contributed by atoms with Crippen molar-refractivity contribution in [3.63, 3.8) is 0 Å². The summed E-state index contributed by atoms with van der Waals surface area (Å²) in [4.78, 5) is 10.5. The first-order valence-corrected chi connectivity index (χ1v) is 6.38. The highest BCUT2D eigenvalue weighted by molar-refractivity contribution is 7.98. The topological polar surface area (TPSA) is 55.0 Å². The van der Waals surface area contributed by atoms with Gasteiger partial charge in [0.15, 0.2) is 0 Å². The van der Waals surface area contributed by atoms with Crippen molar-refractivity contribution < 1.29 is 0 Å². The van der Waals surface area contributed by atoms with Crippen LogP contribution >= 0.6 is 11.8 Å². The van der Waals surface area contributed by atoms with E-state index >= 15 is 0 Å². The van der Waals surface area contributed by atoms with Crippen molar-refractivity contribution in [2.45, 2.75) is 19.4 Å². The Morgan fingerprint density at radius 3 is 2.87 bits per heavy atom. The molecule has 0 aliphatic carbocycles. The Bertz CT molecular complexity index is 305. The fourth-order valence-corrected chi connectivity index (χ4v) is 2.24. The van der Waals surface area contributed by atoms with Gasteiger partial charge in [-0.05, 0) is 18.7 Å². The Morgan fingerprint density at radius 2 is 2.33 bits per heavy atom. The van der Waals surface area contributed by atoms with E-state index in [4.69, 9.17) is 5.73 Å². The molecular formula is C10H18N4S. The van der Waals surface area contributed by atoms with Crippen LogP contribution in [0.4, 0.5) is 11.8 Å². The normalized spacial score (nSPS) is 12.5. The van der Waals surface area contributed by atoms with Crippen LogP contribution in [0, 0.1) is 0 Å². The van der Waals surface area contributed by atoms with E-state index in [0.29, 0.717) is 17.8 Å². The van der Waals surface area contributed by atoms with Crippen LogP contribution < -0.4 is 10.6 Å². The number of hydrogen-bond acceptors (Lipinski definition) is 5. The molecule has 84 valence electrons. The molecule has 0 aliphatic heterocycles. The summed E-state index contributed by atoms with van der Waals surface area (Å²) >= 11 is 1.83. The molecule has 0 amide bonds. The number of hydrogen-bond donors (Lipinski definition) is 1. The predicted octanol–water partition coefficient (Wildman–Crippen LogP) is 1.64. The van der Waals surface area contributed by atoms with Crippen LogP contribution in [0.2, 0.25) is 0 Å². The van der Waals surface area contributed by atoms with Gasteiger partial charge in [0.1, 0.15) is 5.82 Å². The van der Waals surface area contributed by atoms with Gasteiger partial charge in [-0.15, -0.1) is 0 Å². The first-order chi connectivity index (χ1) is 7.19. The first-order valence-electron chi connectivity index (χ1n) is 4.99. The van der Waals surface area contributed by atoms with E-state index in [9.17, 15) is 0 Å². The highest BCUT2D eigenvalue weighted by atomic mass is 32.2. The van der Waals surface area contributed by atoms with Crippen molar-refractivity contribution in [1.82, 2.24) is 9.97 Å². The maximum Gasteiger partial charge on any atom is 0.227 e. The minimum Gasteiger partial charge on any atom is -0.384 e. The Morgan fingerprint density at radius 1 is 1.60 bits per heavy atom. The Hall–Kier alpha value is -0.970. The van der Waals surface area contributed by atoms with E-state index < -0.39 is 0 Å². The van der Waals surface area contributed by atoms with Crippen LogP contribution in [0.5, 0.6) is 0 Å². The zero-order valence-corrected chi connectivity index (χ0v) is 10.3. The van der Waals surface area contributed by atoms with Gasteiger partial charge in [0.05, 0.1) is 0 Å². The predicted molar refractivity (Wildman–Crippen MR) is 67.3 cm³/mol. The van der Waals surface area contributed by atoms with Crippen LogP contribution in [0.1, 0.15) is 13.3 Å². The number of thioether (sulfide) groups is 1. The molecule has 0 fully saturated rings. The summed E-state index contributed by atoms with van der Waals surface area (Å²) in [6, 6.07) is 2.16. The first kappa shape index (κ1) is 12.1. The second-order valence-corrected chi connectivity index (χ2v) is 4.32. The van der Waals surface area contributed by atoms with E-state index in [1.165, 1.54) is 0 Å². The second-order valence-electron chi connectivity index (χ2n) is 3.41. The Balaban J connectivity index is 2.77. The summed E-state index contributed by atoms with van der Waals surface area (Å²) in [6.45, 7) is 2.17. The fourth-order valence-electron chi connectivity index (χ4n) is 1.39. The van der Waals surface area contributed by atoms with Crippen LogP contribution in [-0.2, 0) is 0 Å². The third kappa shape index (κ3) is 3.27.